The summed E-state index contributed by atoms with van der Waals surface area (Å²) in [6, 6.07) is 19.2. The summed E-state index contributed by atoms with van der Waals surface area (Å²) in [5.74, 6) is 1.11. The van der Waals surface area contributed by atoms with Gasteiger partial charge in [-0.15, -0.1) is 0 Å². The van der Waals surface area contributed by atoms with Gasteiger partial charge in [0.25, 0.3) is 0 Å². The second-order valence-electron chi connectivity index (χ2n) is 6.45. The molecular weight excluding hydrogens is 362 g/mol. The Balaban J connectivity index is 1.93. The minimum atomic E-state index is -0.371. The summed E-state index contributed by atoms with van der Waals surface area (Å²) in [7, 11) is 1.64. The molecule has 2 N–H and O–H groups in total. The van der Waals surface area contributed by atoms with Gasteiger partial charge in [-0.1, -0.05) is 48.0 Å². The Hall–Kier alpha value is -2.98. The average Bonchev–Trinajstić information content (AvgIpc) is 2.66. The third kappa shape index (κ3) is 3.24. The number of nitrogens with two attached hydrogens (primary N) is 1. The molecule has 1 aliphatic heterocycles. The molecule has 3 aromatic carbocycles. The molecule has 0 saturated carbocycles. The van der Waals surface area contributed by atoms with Gasteiger partial charge >= 0.3 is 0 Å². The zero-order chi connectivity index (χ0) is 19.0. The minimum Gasteiger partial charge on any atom is -0.496 e. The monoisotopic (exact) mass is 379 g/mol. The van der Waals surface area contributed by atoms with E-state index in [0.29, 0.717) is 5.02 Å². The van der Waals surface area contributed by atoms with Crippen molar-refractivity contribution in [1.82, 2.24) is 0 Å². The second-order valence-corrected chi connectivity index (χ2v) is 6.89. The normalized spacial score (nSPS) is 14.7. The van der Waals surface area contributed by atoms with Crippen LogP contribution >= 0.6 is 11.6 Å². The molecule has 1 heterocycles. The van der Waals surface area contributed by atoms with Crippen LogP contribution in [-0.4, -0.2) is 13.0 Å². The van der Waals surface area contributed by atoms with Gasteiger partial charge in [0.15, 0.2) is 0 Å². The topological polar surface area (TPSA) is 61.5 Å². The van der Waals surface area contributed by atoms with Crippen molar-refractivity contribution < 1.29 is 14.3 Å². The lowest BCUT2D eigenvalue weighted by Gasteiger charge is -2.30. The number of ether oxygens (including phenoxy) is 2. The highest BCUT2D eigenvalue weighted by Crippen LogP contribution is 2.49. The molecule has 3 aromatic rings. The van der Waals surface area contributed by atoms with Crippen molar-refractivity contribution in [1.29, 1.82) is 0 Å². The van der Waals surface area contributed by atoms with E-state index in [1.165, 1.54) is 0 Å². The van der Waals surface area contributed by atoms with Gasteiger partial charge in [-0.05, 0) is 41.0 Å². The zero-order valence-electron chi connectivity index (χ0n) is 14.7. The molecule has 0 radical (unpaired) electrons. The fraction of sp³-hybridized carbons (Fsp3) is 0.136. The molecule has 5 heteroatoms. The summed E-state index contributed by atoms with van der Waals surface area (Å²) < 4.78 is 11.9. The van der Waals surface area contributed by atoms with Crippen molar-refractivity contribution in [2.24, 2.45) is 5.73 Å². The smallest absolute Gasteiger partial charge is 0.221 e. The Morgan fingerprint density at radius 3 is 2.70 bits per heavy atom. The quantitative estimate of drug-likeness (QED) is 0.724. The predicted molar refractivity (Wildman–Crippen MR) is 105 cm³/mol. The van der Waals surface area contributed by atoms with Crippen LogP contribution in [0.4, 0.5) is 0 Å². The molecule has 0 saturated heterocycles. The first-order valence-electron chi connectivity index (χ1n) is 8.57. The molecule has 0 fully saturated rings. The van der Waals surface area contributed by atoms with E-state index in [9.17, 15) is 4.79 Å². The summed E-state index contributed by atoms with van der Waals surface area (Å²) >= 11 is 6.20. The molecule has 0 spiro atoms. The van der Waals surface area contributed by atoms with E-state index in [2.05, 4.69) is 0 Å². The first-order valence-corrected chi connectivity index (χ1v) is 8.95. The summed E-state index contributed by atoms with van der Waals surface area (Å²) in [4.78, 5) is 11.4. The van der Waals surface area contributed by atoms with Gasteiger partial charge in [-0.3, -0.25) is 4.79 Å². The van der Waals surface area contributed by atoms with Gasteiger partial charge in [0.2, 0.25) is 5.91 Å². The van der Waals surface area contributed by atoms with Crippen molar-refractivity contribution >= 4 is 17.5 Å². The number of halogens is 1. The van der Waals surface area contributed by atoms with Crippen LogP contribution in [0.2, 0.25) is 5.02 Å². The zero-order valence-corrected chi connectivity index (χ0v) is 15.5. The Bertz CT molecular complexity index is 1030. The van der Waals surface area contributed by atoms with E-state index in [1.54, 1.807) is 7.11 Å². The molecule has 1 unspecified atom stereocenters. The molecule has 0 aliphatic carbocycles. The summed E-state index contributed by atoms with van der Waals surface area (Å²) in [5, 5.41) is 0.641. The van der Waals surface area contributed by atoms with Crippen molar-refractivity contribution in [3.63, 3.8) is 0 Å². The van der Waals surface area contributed by atoms with Crippen LogP contribution in [0.3, 0.4) is 0 Å². The van der Waals surface area contributed by atoms with Crippen LogP contribution in [-0.2, 0) is 11.2 Å². The van der Waals surface area contributed by atoms with Gasteiger partial charge in [0.1, 0.15) is 17.6 Å². The van der Waals surface area contributed by atoms with Crippen molar-refractivity contribution in [3.05, 3.63) is 82.4 Å². The summed E-state index contributed by atoms with van der Waals surface area (Å²) in [6.07, 6.45) is -0.167. The number of carbonyl (C=O) groups is 1. The van der Waals surface area contributed by atoms with Crippen molar-refractivity contribution in [3.8, 4) is 22.6 Å². The highest BCUT2D eigenvalue weighted by Gasteiger charge is 2.30. The molecular formula is C22H18ClNO3. The third-order valence-electron chi connectivity index (χ3n) is 4.65. The van der Waals surface area contributed by atoms with Gasteiger partial charge < -0.3 is 15.2 Å². The standard InChI is InChI=1S/C22H18ClNO3/c1-26-18-6-3-7-19-21(18)16-9-8-13(11-20(24)25)10-17(16)22(27-19)14-4-2-5-15(23)12-14/h2-10,12,22H,11H2,1H3,(H2,24,25). The maximum absolute atomic E-state index is 11.4. The van der Waals surface area contributed by atoms with Crippen LogP contribution in [0, 0.1) is 0 Å². The molecule has 1 aliphatic rings. The van der Waals surface area contributed by atoms with Crippen LogP contribution < -0.4 is 15.2 Å². The number of benzene rings is 3. The average molecular weight is 380 g/mol. The third-order valence-corrected chi connectivity index (χ3v) is 4.89. The number of fused-ring (bicyclic) bond motifs is 3. The molecule has 27 heavy (non-hydrogen) atoms. The molecule has 4 nitrogen and oxygen atoms in total. The number of hydrogen-bond donors (Lipinski definition) is 1. The van der Waals surface area contributed by atoms with Gasteiger partial charge in [0.05, 0.1) is 19.1 Å². The van der Waals surface area contributed by atoms with Gasteiger partial charge in [-0.25, -0.2) is 0 Å². The Kier molecular flexibility index (Phi) is 4.50. The lowest BCUT2D eigenvalue weighted by Crippen LogP contribution is -2.18. The molecule has 136 valence electrons. The highest BCUT2D eigenvalue weighted by atomic mass is 35.5. The SMILES string of the molecule is COc1cccc2c1-c1ccc(CC(N)=O)cc1C(c1cccc(Cl)c1)O2. The fourth-order valence-electron chi connectivity index (χ4n) is 3.52. The van der Waals surface area contributed by atoms with E-state index in [1.807, 2.05) is 60.7 Å². The van der Waals surface area contributed by atoms with Crippen molar-refractivity contribution in [2.75, 3.05) is 7.11 Å². The first-order chi connectivity index (χ1) is 13.1. The predicted octanol–water partition coefficient (Wildman–Crippen LogP) is 4.53. The van der Waals surface area contributed by atoms with Gasteiger partial charge in [0, 0.05) is 10.6 Å². The van der Waals surface area contributed by atoms with E-state index in [-0.39, 0.29) is 18.4 Å². The summed E-state index contributed by atoms with van der Waals surface area (Å²) in [6.45, 7) is 0. The molecule has 4 rings (SSSR count). The molecule has 0 bridgehead atoms. The molecule has 1 amide bonds. The maximum atomic E-state index is 11.4. The Morgan fingerprint density at radius 1 is 1.15 bits per heavy atom. The second kappa shape index (κ2) is 6.97. The largest absolute Gasteiger partial charge is 0.496 e. The molecule has 1 atom stereocenters. The Morgan fingerprint density at radius 2 is 1.96 bits per heavy atom. The number of rotatable bonds is 4. The van der Waals surface area contributed by atoms with E-state index in [4.69, 9.17) is 26.8 Å². The van der Waals surface area contributed by atoms with E-state index < -0.39 is 0 Å². The van der Waals surface area contributed by atoms with E-state index >= 15 is 0 Å². The fourth-order valence-corrected chi connectivity index (χ4v) is 3.72. The number of methoxy groups -OCH3 is 1. The van der Waals surface area contributed by atoms with Crippen LogP contribution in [0.1, 0.15) is 22.8 Å². The number of amides is 1. The maximum Gasteiger partial charge on any atom is 0.221 e. The number of hydrogen-bond acceptors (Lipinski definition) is 3. The molecule has 0 aromatic heterocycles. The lowest BCUT2D eigenvalue weighted by molar-refractivity contribution is -0.117. The van der Waals surface area contributed by atoms with Crippen LogP contribution in [0.15, 0.2) is 60.7 Å². The Labute approximate surface area is 162 Å². The highest BCUT2D eigenvalue weighted by molar-refractivity contribution is 6.30. The number of carbonyl (C=O) groups excluding carboxylic acids is 1. The minimum absolute atomic E-state index is 0.175. The lowest BCUT2D eigenvalue weighted by atomic mass is 9.87. The first kappa shape index (κ1) is 17.4. The van der Waals surface area contributed by atoms with Crippen molar-refractivity contribution in [2.45, 2.75) is 12.5 Å². The van der Waals surface area contributed by atoms with Crippen LogP contribution in [0.5, 0.6) is 11.5 Å². The van der Waals surface area contributed by atoms with Crippen LogP contribution in [0.25, 0.3) is 11.1 Å². The summed E-state index contributed by atoms with van der Waals surface area (Å²) in [5.41, 5.74) is 10.0. The van der Waals surface area contributed by atoms with E-state index in [0.717, 1.165) is 39.3 Å². The number of primary amides is 1. The van der Waals surface area contributed by atoms with Gasteiger partial charge in [-0.2, -0.15) is 0 Å².